The third-order valence-electron chi connectivity index (χ3n) is 4.51. The molecule has 0 amide bonds. The number of hydrogen-bond acceptors (Lipinski definition) is 4. The lowest BCUT2D eigenvalue weighted by atomic mass is 10.2. The quantitative estimate of drug-likeness (QED) is 0.516. The van der Waals surface area contributed by atoms with Crippen molar-refractivity contribution in [2.75, 3.05) is 17.3 Å². The molecule has 134 valence electrons. The molecule has 4 aromatic rings. The second-order valence-electron chi connectivity index (χ2n) is 6.36. The predicted octanol–water partition coefficient (Wildman–Crippen LogP) is 5.59. The Hall–Kier alpha value is -3.47. The molecule has 1 aromatic heterocycles. The summed E-state index contributed by atoms with van der Waals surface area (Å²) in [5, 5.41) is 4.24. The maximum atomic E-state index is 13.3. The standard InChI is InChI=1S/C22H19FN4/c1-15-7-3-5-9-19(15)24-22-25-20-10-6-4-8-18(20)21(26-22)27(2)17-13-11-16(23)12-14-17/h3-14H,1-2H3,(H,24,25,26). The van der Waals surface area contributed by atoms with Gasteiger partial charge >= 0.3 is 0 Å². The Bertz CT molecular complexity index is 1090. The number of anilines is 4. The number of nitrogens with zero attached hydrogens (tertiary/aromatic N) is 3. The van der Waals surface area contributed by atoms with Crippen LogP contribution in [-0.4, -0.2) is 17.0 Å². The maximum Gasteiger partial charge on any atom is 0.229 e. The van der Waals surface area contributed by atoms with Crippen molar-refractivity contribution >= 4 is 34.0 Å². The fraction of sp³-hybridized carbons (Fsp3) is 0.0909. The van der Waals surface area contributed by atoms with Crippen LogP contribution in [0.1, 0.15) is 5.56 Å². The van der Waals surface area contributed by atoms with Gasteiger partial charge in [-0.25, -0.2) is 9.37 Å². The molecule has 3 aromatic carbocycles. The molecule has 0 bridgehead atoms. The van der Waals surface area contributed by atoms with E-state index in [1.54, 1.807) is 12.1 Å². The highest BCUT2D eigenvalue weighted by molar-refractivity contribution is 5.92. The molecule has 5 heteroatoms. The number of halogens is 1. The number of aromatic nitrogens is 2. The number of aryl methyl sites for hydroxylation is 1. The van der Waals surface area contributed by atoms with E-state index >= 15 is 0 Å². The number of rotatable bonds is 4. The van der Waals surface area contributed by atoms with Crippen LogP contribution in [0.5, 0.6) is 0 Å². The maximum absolute atomic E-state index is 13.3. The van der Waals surface area contributed by atoms with Crippen LogP contribution in [0.2, 0.25) is 0 Å². The summed E-state index contributed by atoms with van der Waals surface area (Å²) in [5.74, 6) is 1.01. The van der Waals surface area contributed by atoms with Crippen LogP contribution in [0, 0.1) is 12.7 Å². The summed E-state index contributed by atoms with van der Waals surface area (Å²) < 4.78 is 13.3. The molecule has 0 spiro atoms. The van der Waals surface area contributed by atoms with Crippen LogP contribution < -0.4 is 10.2 Å². The molecular weight excluding hydrogens is 339 g/mol. The van der Waals surface area contributed by atoms with Crippen molar-refractivity contribution in [2.45, 2.75) is 6.92 Å². The zero-order chi connectivity index (χ0) is 18.8. The normalized spacial score (nSPS) is 10.8. The van der Waals surface area contributed by atoms with Crippen LogP contribution in [0.15, 0.2) is 72.8 Å². The average Bonchev–Trinajstić information content (AvgIpc) is 2.69. The zero-order valence-electron chi connectivity index (χ0n) is 15.1. The Morgan fingerprint density at radius 2 is 1.56 bits per heavy atom. The molecule has 0 aliphatic heterocycles. The molecule has 27 heavy (non-hydrogen) atoms. The van der Waals surface area contributed by atoms with Gasteiger partial charge < -0.3 is 10.2 Å². The van der Waals surface area contributed by atoms with E-state index in [0.717, 1.165) is 33.7 Å². The first-order chi connectivity index (χ1) is 13.1. The summed E-state index contributed by atoms with van der Waals surface area (Å²) in [5.41, 5.74) is 3.76. The molecular formula is C22H19FN4. The van der Waals surface area contributed by atoms with Gasteiger partial charge in [0.2, 0.25) is 5.95 Å². The van der Waals surface area contributed by atoms with Crippen molar-refractivity contribution in [1.82, 2.24) is 9.97 Å². The minimum atomic E-state index is -0.262. The third kappa shape index (κ3) is 3.44. The van der Waals surface area contributed by atoms with Crippen LogP contribution in [0.3, 0.4) is 0 Å². The summed E-state index contributed by atoms with van der Waals surface area (Å²) in [6.45, 7) is 2.04. The van der Waals surface area contributed by atoms with Gasteiger partial charge in [-0.1, -0.05) is 30.3 Å². The molecule has 0 unspecified atom stereocenters. The SMILES string of the molecule is Cc1ccccc1Nc1nc(N(C)c2ccc(F)cc2)c2ccccc2n1. The second kappa shape index (κ2) is 7.03. The first-order valence-corrected chi connectivity index (χ1v) is 8.70. The van der Waals surface area contributed by atoms with E-state index in [2.05, 4.69) is 10.3 Å². The fourth-order valence-corrected chi connectivity index (χ4v) is 2.99. The lowest BCUT2D eigenvalue weighted by Crippen LogP contribution is -2.13. The van der Waals surface area contributed by atoms with Crippen molar-refractivity contribution in [2.24, 2.45) is 0 Å². The summed E-state index contributed by atoms with van der Waals surface area (Å²) in [6, 6.07) is 22.2. The number of para-hydroxylation sites is 2. The number of nitrogens with one attached hydrogen (secondary N) is 1. The van der Waals surface area contributed by atoms with E-state index in [9.17, 15) is 4.39 Å². The van der Waals surface area contributed by atoms with Gasteiger partial charge in [-0.05, 0) is 55.0 Å². The predicted molar refractivity (Wildman–Crippen MR) is 108 cm³/mol. The Labute approximate surface area is 157 Å². The van der Waals surface area contributed by atoms with E-state index in [4.69, 9.17) is 4.98 Å². The number of fused-ring (bicyclic) bond motifs is 1. The molecule has 0 saturated heterocycles. The highest BCUT2D eigenvalue weighted by Crippen LogP contribution is 2.30. The van der Waals surface area contributed by atoms with Gasteiger partial charge in [-0.15, -0.1) is 0 Å². The van der Waals surface area contributed by atoms with E-state index < -0.39 is 0 Å². The first kappa shape index (κ1) is 17.0. The van der Waals surface area contributed by atoms with Crippen molar-refractivity contribution in [3.63, 3.8) is 0 Å². The molecule has 0 radical (unpaired) electrons. The molecule has 0 aliphatic carbocycles. The third-order valence-corrected chi connectivity index (χ3v) is 4.51. The topological polar surface area (TPSA) is 41.1 Å². The largest absolute Gasteiger partial charge is 0.329 e. The molecule has 0 aliphatic rings. The van der Waals surface area contributed by atoms with Crippen LogP contribution >= 0.6 is 0 Å². The summed E-state index contributed by atoms with van der Waals surface area (Å²) in [4.78, 5) is 11.3. The van der Waals surface area contributed by atoms with Gasteiger partial charge in [0.05, 0.1) is 5.52 Å². The Kier molecular flexibility index (Phi) is 4.42. The highest BCUT2D eigenvalue weighted by Gasteiger charge is 2.13. The molecule has 1 N–H and O–H groups in total. The van der Waals surface area contributed by atoms with E-state index in [0.29, 0.717) is 5.95 Å². The summed E-state index contributed by atoms with van der Waals surface area (Å²) in [7, 11) is 1.92. The molecule has 1 heterocycles. The van der Waals surface area contributed by atoms with E-state index in [-0.39, 0.29) is 5.82 Å². The van der Waals surface area contributed by atoms with Crippen LogP contribution in [-0.2, 0) is 0 Å². The Balaban J connectivity index is 1.81. The minimum Gasteiger partial charge on any atom is -0.329 e. The van der Waals surface area contributed by atoms with E-state index in [1.165, 1.54) is 12.1 Å². The van der Waals surface area contributed by atoms with Crippen molar-refractivity contribution < 1.29 is 4.39 Å². The zero-order valence-corrected chi connectivity index (χ0v) is 15.1. The molecule has 0 fully saturated rings. The van der Waals surface area contributed by atoms with Gasteiger partial charge in [0.25, 0.3) is 0 Å². The number of benzene rings is 3. The lowest BCUT2D eigenvalue weighted by molar-refractivity contribution is 0.628. The monoisotopic (exact) mass is 358 g/mol. The van der Waals surface area contributed by atoms with Crippen molar-refractivity contribution in [3.05, 3.63) is 84.2 Å². The van der Waals surface area contributed by atoms with Gasteiger partial charge in [0.15, 0.2) is 0 Å². The van der Waals surface area contributed by atoms with Crippen molar-refractivity contribution in [3.8, 4) is 0 Å². The second-order valence-corrected chi connectivity index (χ2v) is 6.36. The highest BCUT2D eigenvalue weighted by atomic mass is 19.1. The van der Waals surface area contributed by atoms with Crippen LogP contribution in [0.25, 0.3) is 10.9 Å². The molecule has 0 atom stereocenters. The van der Waals surface area contributed by atoms with Gasteiger partial charge in [-0.2, -0.15) is 4.98 Å². The van der Waals surface area contributed by atoms with Crippen LogP contribution in [0.4, 0.5) is 27.5 Å². The summed E-state index contributed by atoms with van der Waals surface area (Å²) in [6.07, 6.45) is 0. The molecule has 0 saturated carbocycles. The smallest absolute Gasteiger partial charge is 0.229 e. The fourth-order valence-electron chi connectivity index (χ4n) is 2.99. The first-order valence-electron chi connectivity index (χ1n) is 8.70. The van der Waals surface area contributed by atoms with Gasteiger partial charge in [-0.3, -0.25) is 0 Å². The Morgan fingerprint density at radius 1 is 0.852 bits per heavy atom. The number of hydrogen-bond donors (Lipinski definition) is 1. The molecule has 4 rings (SSSR count). The van der Waals surface area contributed by atoms with Gasteiger partial charge in [0, 0.05) is 23.8 Å². The van der Waals surface area contributed by atoms with E-state index in [1.807, 2.05) is 67.4 Å². The Morgan fingerprint density at radius 3 is 2.33 bits per heavy atom. The van der Waals surface area contributed by atoms with Gasteiger partial charge in [0.1, 0.15) is 11.6 Å². The molecule has 4 nitrogen and oxygen atoms in total. The minimum absolute atomic E-state index is 0.262. The average molecular weight is 358 g/mol. The lowest BCUT2D eigenvalue weighted by Gasteiger charge is -2.21. The van der Waals surface area contributed by atoms with Crippen molar-refractivity contribution in [1.29, 1.82) is 0 Å². The summed E-state index contributed by atoms with van der Waals surface area (Å²) >= 11 is 0.